The standard InChI is InChI=1S/C12H10N4O2/c17-11-7-16(12(18)9-5-6-13-15-9)10-4-2-1-3-8(10)14-11/h1-6H,7H2,(H,13,15)(H,14,17). The predicted molar refractivity (Wildman–Crippen MR) is 65.3 cm³/mol. The Kier molecular flexibility index (Phi) is 2.33. The Balaban J connectivity index is 2.03. The number of carbonyl (C=O) groups is 2. The Morgan fingerprint density at radius 3 is 2.89 bits per heavy atom. The number of H-pyrrole nitrogens is 1. The molecule has 0 unspecified atom stereocenters. The molecule has 3 rings (SSSR count). The van der Waals surface area contributed by atoms with E-state index < -0.39 is 0 Å². The fourth-order valence-corrected chi connectivity index (χ4v) is 1.93. The maximum atomic E-state index is 12.2. The number of para-hydroxylation sites is 2. The summed E-state index contributed by atoms with van der Waals surface area (Å²) in [6, 6.07) is 8.77. The molecule has 2 amide bonds. The molecular weight excluding hydrogens is 232 g/mol. The molecule has 0 saturated carbocycles. The van der Waals surface area contributed by atoms with Gasteiger partial charge in [0.15, 0.2) is 0 Å². The Labute approximate surface area is 103 Å². The number of hydrogen-bond acceptors (Lipinski definition) is 3. The first-order valence-corrected chi connectivity index (χ1v) is 5.46. The molecule has 0 atom stereocenters. The SMILES string of the molecule is O=C1CN(C(=O)c2ccn[nH]2)c2ccccc2N1. The number of rotatable bonds is 1. The Morgan fingerprint density at radius 2 is 2.11 bits per heavy atom. The normalized spacial score (nSPS) is 14.0. The molecule has 90 valence electrons. The van der Waals surface area contributed by atoms with E-state index in [0.29, 0.717) is 17.1 Å². The minimum atomic E-state index is -0.269. The number of amides is 2. The average molecular weight is 242 g/mol. The molecule has 18 heavy (non-hydrogen) atoms. The second-order valence-corrected chi connectivity index (χ2v) is 3.93. The fraction of sp³-hybridized carbons (Fsp3) is 0.0833. The van der Waals surface area contributed by atoms with Gasteiger partial charge in [0.25, 0.3) is 5.91 Å². The van der Waals surface area contributed by atoms with Crippen LogP contribution in [0.5, 0.6) is 0 Å². The molecule has 2 N–H and O–H groups in total. The second kappa shape index (κ2) is 3.99. The predicted octanol–water partition coefficient (Wildman–Crippen LogP) is 1.01. The lowest BCUT2D eigenvalue weighted by Crippen LogP contribution is -2.42. The van der Waals surface area contributed by atoms with Crippen molar-refractivity contribution < 1.29 is 9.59 Å². The minimum absolute atomic E-state index is 0.00880. The van der Waals surface area contributed by atoms with E-state index in [4.69, 9.17) is 0 Å². The van der Waals surface area contributed by atoms with Crippen LogP contribution in [0.1, 0.15) is 10.5 Å². The molecular formula is C12H10N4O2. The summed E-state index contributed by atoms with van der Waals surface area (Å²) in [7, 11) is 0. The molecule has 0 bridgehead atoms. The first-order chi connectivity index (χ1) is 8.75. The highest BCUT2D eigenvalue weighted by Crippen LogP contribution is 2.29. The first kappa shape index (κ1) is 10.5. The van der Waals surface area contributed by atoms with E-state index in [0.717, 1.165) is 0 Å². The van der Waals surface area contributed by atoms with Crippen LogP contribution in [-0.2, 0) is 4.79 Å². The molecule has 0 fully saturated rings. The van der Waals surface area contributed by atoms with Gasteiger partial charge in [-0.1, -0.05) is 12.1 Å². The van der Waals surface area contributed by atoms with Gasteiger partial charge in [-0.05, 0) is 18.2 Å². The molecule has 2 aromatic rings. The summed E-state index contributed by atoms with van der Waals surface area (Å²) in [5, 5.41) is 9.08. The van der Waals surface area contributed by atoms with E-state index >= 15 is 0 Å². The summed E-state index contributed by atoms with van der Waals surface area (Å²) < 4.78 is 0. The van der Waals surface area contributed by atoms with Gasteiger partial charge in [0.05, 0.1) is 11.4 Å². The summed E-state index contributed by atoms with van der Waals surface area (Å²) >= 11 is 0. The number of aromatic nitrogens is 2. The molecule has 0 aliphatic carbocycles. The number of benzene rings is 1. The molecule has 0 saturated heterocycles. The minimum Gasteiger partial charge on any atom is -0.323 e. The van der Waals surface area contributed by atoms with Gasteiger partial charge < -0.3 is 5.32 Å². The van der Waals surface area contributed by atoms with Crippen LogP contribution in [0.25, 0.3) is 0 Å². The van der Waals surface area contributed by atoms with Gasteiger partial charge in [-0.15, -0.1) is 0 Å². The maximum Gasteiger partial charge on any atom is 0.276 e. The third kappa shape index (κ3) is 1.64. The molecule has 6 nitrogen and oxygen atoms in total. The molecule has 0 spiro atoms. The van der Waals surface area contributed by atoms with Crippen molar-refractivity contribution >= 4 is 23.2 Å². The average Bonchev–Trinajstić information content (AvgIpc) is 2.90. The smallest absolute Gasteiger partial charge is 0.276 e. The lowest BCUT2D eigenvalue weighted by Gasteiger charge is -2.28. The van der Waals surface area contributed by atoms with Crippen molar-refractivity contribution in [3.05, 3.63) is 42.2 Å². The van der Waals surface area contributed by atoms with Crippen LogP contribution in [0, 0.1) is 0 Å². The summed E-state index contributed by atoms with van der Waals surface area (Å²) in [5.41, 5.74) is 1.69. The number of anilines is 2. The van der Waals surface area contributed by atoms with Crippen LogP contribution >= 0.6 is 0 Å². The first-order valence-electron chi connectivity index (χ1n) is 5.46. The van der Waals surface area contributed by atoms with Crippen molar-refractivity contribution in [1.82, 2.24) is 10.2 Å². The highest BCUT2D eigenvalue weighted by Gasteiger charge is 2.27. The van der Waals surface area contributed by atoms with E-state index in [1.165, 1.54) is 11.1 Å². The molecule has 6 heteroatoms. The topological polar surface area (TPSA) is 78.1 Å². The van der Waals surface area contributed by atoms with Crippen molar-refractivity contribution in [2.45, 2.75) is 0 Å². The number of nitrogens with one attached hydrogen (secondary N) is 2. The van der Waals surface area contributed by atoms with Crippen LogP contribution in [-0.4, -0.2) is 28.6 Å². The maximum absolute atomic E-state index is 12.2. The third-order valence-electron chi connectivity index (χ3n) is 2.75. The van der Waals surface area contributed by atoms with Crippen LogP contribution in [0.15, 0.2) is 36.5 Å². The number of nitrogens with zero attached hydrogens (tertiary/aromatic N) is 2. The second-order valence-electron chi connectivity index (χ2n) is 3.93. The molecule has 2 heterocycles. The number of aromatic amines is 1. The quantitative estimate of drug-likeness (QED) is 0.783. The Hall–Kier alpha value is -2.63. The zero-order chi connectivity index (χ0) is 12.5. The summed E-state index contributed by atoms with van der Waals surface area (Å²) in [5.74, 6) is -0.476. The summed E-state index contributed by atoms with van der Waals surface area (Å²) in [6.07, 6.45) is 1.50. The van der Waals surface area contributed by atoms with Crippen molar-refractivity contribution in [1.29, 1.82) is 0 Å². The van der Waals surface area contributed by atoms with Gasteiger partial charge in [0.1, 0.15) is 12.2 Å². The molecule has 0 radical (unpaired) electrons. The van der Waals surface area contributed by atoms with Crippen molar-refractivity contribution in [3.63, 3.8) is 0 Å². The lowest BCUT2D eigenvalue weighted by atomic mass is 10.2. The van der Waals surface area contributed by atoms with Crippen LogP contribution in [0.4, 0.5) is 11.4 Å². The van der Waals surface area contributed by atoms with E-state index in [2.05, 4.69) is 15.5 Å². The van der Waals surface area contributed by atoms with E-state index in [1.807, 2.05) is 12.1 Å². The molecule has 1 aromatic heterocycles. The van der Waals surface area contributed by atoms with Gasteiger partial charge in [0.2, 0.25) is 5.91 Å². The van der Waals surface area contributed by atoms with Crippen molar-refractivity contribution in [2.24, 2.45) is 0 Å². The molecule has 1 aromatic carbocycles. The highest BCUT2D eigenvalue weighted by atomic mass is 16.2. The van der Waals surface area contributed by atoms with Crippen LogP contribution < -0.4 is 10.2 Å². The largest absolute Gasteiger partial charge is 0.323 e. The van der Waals surface area contributed by atoms with Gasteiger partial charge in [-0.2, -0.15) is 5.10 Å². The van der Waals surface area contributed by atoms with Crippen molar-refractivity contribution in [2.75, 3.05) is 16.8 Å². The zero-order valence-electron chi connectivity index (χ0n) is 9.38. The summed E-state index contributed by atoms with van der Waals surface area (Å²) in [6.45, 7) is 0.00880. The van der Waals surface area contributed by atoms with E-state index in [-0.39, 0.29) is 18.4 Å². The van der Waals surface area contributed by atoms with Gasteiger partial charge in [0, 0.05) is 6.20 Å². The lowest BCUT2D eigenvalue weighted by molar-refractivity contribution is -0.115. The van der Waals surface area contributed by atoms with Crippen LogP contribution in [0.2, 0.25) is 0 Å². The number of fused-ring (bicyclic) bond motifs is 1. The van der Waals surface area contributed by atoms with Gasteiger partial charge >= 0.3 is 0 Å². The van der Waals surface area contributed by atoms with Crippen molar-refractivity contribution in [3.8, 4) is 0 Å². The Morgan fingerprint density at radius 1 is 1.28 bits per heavy atom. The third-order valence-corrected chi connectivity index (χ3v) is 2.75. The van der Waals surface area contributed by atoms with Gasteiger partial charge in [-0.3, -0.25) is 19.6 Å². The van der Waals surface area contributed by atoms with Crippen LogP contribution in [0.3, 0.4) is 0 Å². The Bertz CT molecular complexity index is 606. The monoisotopic (exact) mass is 242 g/mol. The fourth-order valence-electron chi connectivity index (χ4n) is 1.93. The molecule has 1 aliphatic heterocycles. The van der Waals surface area contributed by atoms with E-state index in [9.17, 15) is 9.59 Å². The number of hydrogen-bond donors (Lipinski definition) is 2. The zero-order valence-corrected chi connectivity index (χ0v) is 9.38. The highest BCUT2D eigenvalue weighted by molar-refractivity contribution is 6.14. The summed E-state index contributed by atoms with van der Waals surface area (Å²) in [4.78, 5) is 25.3. The molecule has 1 aliphatic rings. The number of carbonyl (C=O) groups excluding carboxylic acids is 2. The van der Waals surface area contributed by atoms with Gasteiger partial charge in [-0.25, -0.2) is 0 Å². The van der Waals surface area contributed by atoms with E-state index in [1.54, 1.807) is 18.2 Å².